The summed E-state index contributed by atoms with van der Waals surface area (Å²) >= 11 is 1.39. The minimum absolute atomic E-state index is 0.217. The van der Waals surface area contributed by atoms with Gasteiger partial charge in [-0.05, 0) is 43.2 Å². The van der Waals surface area contributed by atoms with Gasteiger partial charge in [0.25, 0.3) is 0 Å². The fourth-order valence-electron chi connectivity index (χ4n) is 1.91. The van der Waals surface area contributed by atoms with E-state index in [1.807, 2.05) is 19.1 Å². The third-order valence-electron chi connectivity index (χ3n) is 2.84. The number of carboxylic acids is 1. The van der Waals surface area contributed by atoms with Gasteiger partial charge in [-0.15, -0.1) is 11.8 Å². The van der Waals surface area contributed by atoms with Crippen molar-refractivity contribution in [1.82, 2.24) is 4.98 Å². The Kier molecular flexibility index (Phi) is 4.29. The second-order valence-electron chi connectivity index (χ2n) is 4.52. The van der Waals surface area contributed by atoms with Crippen LogP contribution in [0.5, 0.6) is 5.75 Å². The van der Waals surface area contributed by atoms with E-state index in [0.29, 0.717) is 10.8 Å². The Balaban J connectivity index is 2.24. The molecule has 0 spiro atoms. The van der Waals surface area contributed by atoms with Gasteiger partial charge in [0, 0.05) is 11.4 Å². The van der Waals surface area contributed by atoms with Crippen LogP contribution in [0.2, 0.25) is 0 Å². The topological polar surface area (TPSA) is 70.4 Å². The van der Waals surface area contributed by atoms with Crippen LogP contribution in [0.4, 0.5) is 0 Å². The van der Waals surface area contributed by atoms with Gasteiger partial charge in [-0.1, -0.05) is 12.1 Å². The molecule has 0 atom stereocenters. The van der Waals surface area contributed by atoms with Crippen LogP contribution in [0.25, 0.3) is 0 Å². The zero-order chi connectivity index (χ0) is 14.7. The van der Waals surface area contributed by atoms with Crippen LogP contribution in [-0.4, -0.2) is 21.2 Å². The van der Waals surface area contributed by atoms with E-state index in [1.165, 1.54) is 11.8 Å². The van der Waals surface area contributed by atoms with E-state index in [2.05, 4.69) is 4.98 Å². The second-order valence-corrected chi connectivity index (χ2v) is 5.49. The van der Waals surface area contributed by atoms with E-state index in [9.17, 15) is 15.0 Å². The molecule has 0 bridgehead atoms. The molecule has 0 aliphatic rings. The summed E-state index contributed by atoms with van der Waals surface area (Å²) in [4.78, 5) is 15.6. The third kappa shape index (κ3) is 3.30. The first-order chi connectivity index (χ1) is 9.47. The molecule has 0 saturated heterocycles. The number of aromatic nitrogens is 1. The van der Waals surface area contributed by atoms with Gasteiger partial charge in [0.1, 0.15) is 10.8 Å². The van der Waals surface area contributed by atoms with Crippen molar-refractivity contribution in [2.45, 2.75) is 24.6 Å². The fraction of sp³-hybridized carbons (Fsp3) is 0.200. The van der Waals surface area contributed by atoms with Crippen molar-refractivity contribution in [2.24, 2.45) is 0 Å². The molecule has 1 heterocycles. The number of rotatable bonds is 4. The summed E-state index contributed by atoms with van der Waals surface area (Å²) in [6.07, 6.45) is 0. The Bertz CT molecular complexity index is 638. The lowest BCUT2D eigenvalue weighted by molar-refractivity contribution is 0.0691. The number of nitrogens with zero attached hydrogens (tertiary/aromatic N) is 1. The maximum Gasteiger partial charge on any atom is 0.338 e. The Hall–Kier alpha value is -2.01. The lowest BCUT2D eigenvalue weighted by Gasteiger charge is -2.09. The van der Waals surface area contributed by atoms with Gasteiger partial charge < -0.3 is 10.2 Å². The number of thioether (sulfide) groups is 1. The summed E-state index contributed by atoms with van der Waals surface area (Å²) in [7, 11) is 0. The van der Waals surface area contributed by atoms with E-state index in [1.54, 1.807) is 25.1 Å². The van der Waals surface area contributed by atoms with Crippen LogP contribution < -0.4 is 0 Å². The molecule has 0 fully saturated rings. The molecule has 0 saturated carbocycles. The first-order valence-corrected chi connectivity index (χ1v) is 7.08. The van der Waals surface area contributed by atoms with Crippen molar-refractivity contribution < 1.29 is 15.0 Å². The molecular weight excluding hydrogens is 274 g/mol. The normalized spacial score (nSPS) is 10.5. The standard InChI is InChI=1S/C15H15NO3S/c1-9-7-10(2)16-14(13(9)15(18)19)20-8-11-3-5-12(17)6-4-11/h3-7,17H,8H2,1-2H3,(H,18,19). The fourth-order valence-corrected chi connectivity index (χ4v) is 3.01. The molecule has 2 aromatic rings. The minimum Gasteiger partial charge on any atom is -0.508 e. The molecule has 1 aromatic heterocycles. The third-order valence-corrected chi connectivity index (χ3v) is 3.88. The van der Waals surface area contributed by atoms with Crippen LogP contribution in [0.3, 0.4) is 0 Å². The van der Waals surface area contributed by atoms with Crippen LogP contribution in [0.15, 0.2) is 35.4 Å². The van der Waals surface area contributed by atoms with Gasteiger partial charge >= 0.3 is 5.97 Å². The van der Waals surface area contributed by atoms with Gasteiger partial charge in [-0.3, -0.25) is 0 Å². The quantitative estimate of drug-likeness (QED) is 0.844. The number of aryl methyl sites for hydroxylation is 2. The van der Waals surface area contributed by atoms with E-state index < -0.39 is 5.97 Å². The minimum atomic E-state index is -0.955. The molecule has 0 amide bonds. The number of pyridine rings is 1. The first-order valence-electron chi connectivity index (χ1n) is 6.09. The summed E-state index contributed by atoms with van der Waals surface area (Å²) in [5.41, 5.74) is 2.79. The van der Waals surface area contributed by atoms with E-state index in [0.717, 1.165) is 16.8 Å². The molecule has 104 valence electrons. The monoisotopic (exact) mass is 289 g/mol. The maximum atomic E-state index is 11.3. The molecule has 0 radical (unpaired) electrons. The Labute approximate surface area is 121 Å². The van der Waals surface area contributed by atoms with Crippen molar-refractivity contribution in [3.8, 4) is 5.75 Å². The summed E-state index contributed by atoms with van der Waals surface area (Å²) in [5.74, 6) is -0.131. The number of carbonyl (C=O) groups is 1. The van der Waals surface area contributed by atoms with Crippen LogP contribution >= 0.6 is 11.8 Å². The van der Waals surface area contributed by atoms with Gasteiger partial charge in [-0.25, -0.2) is 9.78 Å². The number of aromatic carboxylic acids is 1. The zero-order valence-electron chi connectivity index (χ0n) is 11.3. The maximum absolute atomic E-state index is 11.3. The highest BCUT2D eigenvalue weighted by Gasteiger charge is 2.16. The summed E-state index contributed by atoms with van der Waals surface area (Å²) < 4.78 is 0. The molecule has 0 aliphatic heterocycles. The van der Waals surface area contributed by atoms with Crippen molar-refractivity contribution in [2.75, 3.05) is 0 Å². The molecule has 4 nitrogen and oxygen atoms in total. The number of hydrogen-bond donors (Lipinski definition) is 2. The van der Waals surface area contributed by atoms with Crippen molar-refractivity contribution >= 4 is 17.7 Å². The number of hydrogen-bond acceptors (Lipinski definition) is 4. The van der Waals surface area contributed by atoms with Gasteiger partial charge in [0.2, 0.25) is 0 Å². The molecule has 0 aliphatic carbocycles. The van der Waals surface area contributed by atoms with Crippen molar-refractivity contribution in [3.63, 3.8) is 0 Å². The molecule has 0 unspecified atom stereocenters. The predicted molar refractivity (Wildman–Crippen MR) is 78.3 cm³/mol. The first kappa shape index (κ1) is 14.4. The smallest absolute Gasteiger partial charge is 0.338 e. The highest BCUT2D eigenvalue weighted by Crippen LogP contribution is 2.27. The van der Waals surface area contributed by atoms with Crippen LogP contribution in [0, 0.1) is 13.8 Å². The largest absolute Gasteiger partial charge is 0.508 e. The number of benzene rings is 1. The van der Waals surface area contributed by atoms with Crippen LogP contribution in [-0.2, 0) is 5.75 Å². The average molecular weight is 289 g/mol. The van der Waals surface area contributed by atoms with Gasteiger partial charge in [0.15, 0.2) is 0 Å². The number of phenols is 1. The number of carboxylic acid groups (broad SMARTS) is 1. The Morgan fingerprint density at radius 3 is 2.50 bits per heavy atom. The number of aromatic hydroxyl groups is 1. The highest BCUT2D eigenvalue weighted by atomic mass is 32.2. The van der Waals surface area contributed by atoms with Crippen molar-refractivity contribution in [1.29, 1.82) is 0 Å². The van der Waals surface area contributed by atoms with Crippen molar-refractivity contribution in [3.05, 3.63) is 52.7 Å². The highest BCUT2D eigenvalue weighted by molar-refractivity contribution is 7.98. The molecule has 5 heteroatoms. The summed E-state index contributed by atoms with van der Waals surface area (Å²) in [5, 5.41) is 19.0. The van der Waals surface area contributed by atoms with E-state index >= 15 is 0 Å². The van der Waals surface area contributed by atoms with E-state index in [-0.39, 0.29) is 11.3 Å². The Morgan fingerprint density at radius 2 is 1.90 bits per heavy atom. The SMILES string of the molecule is Cc1cc(C)c(C(=O)O)c(SCc2ccc(O)cc2)n1. The summed E-state index contributed by atoms with van der Waals surface area (Å²) in [6, 6.07) is 8.62. The lowest BCUT2D eigenvalue weighted by Crippen LogP contribution is -2.05. The zero-order valence-corrected chi connectivity index (χ0v) is 12.1. The van der Waals surface area contributed by atoms with E-state index in [4.69, 9.17) is 0 Å². The molecule has 1 aromatic carbocycles. The molecule has 2 rings (SSSR count). The van der Waals surface area contributed by atoms with Gasteiger partial charge in [0.05, 0.1) is 5.56 Å². The summed E-state index contributed by atoms with van der Waals surface area (Å²) in [6.45, 7) is 3.63. The Morgan fingerprint density at radius 1 is 1.25 bits per heavy atom. The average Bonchev–Trinajstić information content (AvgIpc) is 2.36. The molecule has 2 N–H and O–H groups in total. The predicted octanol–water partition coefficient (Wildman–Crippen LogP) is 3.39. The molecular formula is C15H15NO3S. The van der Waals surface area contributed by atoms with Gasteiger partial charge in [-0.2, -0.15) is 0 Å². The lowest BCUT2D eigenvalue weighted by atomic mass is 10.1. The number of phenolic OH excluding ortho intramolecular Hbond substituents is 1. The molecule has 20 heavy (non-hydrogen) atoms. The second kappa shape index (κ2) is 5.96. The van der Waals surface area contributed by atoms with Crippen LogP contribution in [0.1, 0.15) is 27.2 Å².